The van der Waals surface area contributed by atoms with E-state index in [9.17, 15) is 18.4 Å². The van der Waals surface area contributed by atoms with E-state index in [4.69, 9.17) is 11.6 Å². The van der Waals surface area contributed by atoms with Gasteiger partial charge >= 0.3 is 0 Å². The molecule has 1 aliphatic rings. The molecule has 148 valence electrons. The molecule has 0 N–H and O–H groups in total. The summed E-state index contributed by atoms with van der Waals surface area (Å²) in [6, 6.07) is 13.5. The maximum atomic E-state index is 14.9. The van der Waals surface area contributed by atoms with E-state index in [1.165, 1.54) is 48.7 Å². The van der Waals surface area contributed by atoms with Crippen LogP contribution in [-0.2, 0) is 0 Å². The number of nitrogens with zero attached hydrogens (tertiary/aromatic N) is 2. The van der Waals surface area contributed by atoms with Crippen molar-refractivity contribution in [2.45, 2.75) is 6.17 Å². The van der Waals surface area contributed by atoms with Crippen LogP contribution in [0.4, 0.5) is 8.78 Å². The normalized spacial score (nSPS) is 13.6. The molecule has 4 rings (SSSR count). The maximum absolute atomic E-state index is 14.9. The van der Waals surface area contributed by atoms with Crippen molar-refractivity contribution in [3.8, 4) is 11.8 Å². The van der Waals surface area contributed by atoms with Gasteiger partial charge in [-0.2, -0.15) is 0 Å². The predicted octanol–water partition coefficient (Wildman–Crippen LogP) is 4.58. The van der Waals surface area contributed by atoms with Gasteiger partial charge in [0.1, 0.15) is 5.82 Å². The molecule has 2 aromatic carbocycles. The molecule has 0 radical (unpaired) electrons. The third-order valence-corrected chi connectivity index (χ3v) is 4.89. The van der Waals surface area contributed by atoms with E-state index in [1.54, 1.807) is 12.1 Å². The number of aromatic nitrogens is 1. The minimum atomic E-state index is -1.75. The van der Waals surface area contributed by atoms with Gasteiger partial charge in [0.2, 0.25) is 0 Å². The molecule has 1 aromatic heterocycles. The average molecular weight is 423 g/mol. The first kappa shape index (κ1) is 19.7. The van der Waals surface area contributed by atoms with Crippen molar-refractivity contribution in [1.82, 2.24) is 9.88 Å². The molecule has 0 spiro atoms. The van der Waals surface area contributed by atoms with Crippen molar-refractivity contribution in [1.29, 1.82) is 0 Å². The molecule has 2 heterocycles. The summed E-state index contributed by atoms with van der Waals surface area (Å²) in [5, 5.41) is 0.0324. The summed E-state index contributed by atoms with van der Waals surface area (Å²) in [7, 11) is 0. The quantitative estimate of drug-likeness (QED) is 0.458. The smallest absolute Gasteiger partial charge is 0.261 e. The largest absolute Gasteiger partial charge is 0.271 e. The van der Waals surface area contributed by atoms with E-state index < -0.39 is 24.5 Å². The van der Waals surface area contributed by atoms with Crippen molar-refractivity contribution in [3.05, 3.63) is 99.6 Å². The van der Waals surface area contributed by atoms with Gasteiger partial charge in [-0.05, 0) is 42.5 Å². The zero-order valence-electron chi connectivity index (χ0n) is 15.4. The van der Waals surface area contributed by atoms with Crippen LogP contribution < -0.4 is 0 Å². The van der Waals surface area contributed by atoms with Crippen LogP contribution in [0.3, 0.4) is 0 Å². The minimum Gasteiger partial charge on any atom is -0.271 e. The number of hydrogen-bond donors (Lipinski definition) is 0. The van der Waals surface area contributed by atoms with Crippen molar-refractivity contribution in [2.24, 2.45) is 0 Å². The Bertz CT molecular complexity index is 1180. The number of alkyl halides is 1. The summed E-state index contributed by atoms with van der Waals surface area (Å²) in [5.74, 6) is 4.21. The van der Waals surface area contributed by atoms with Gasteiger partial charge in [-0.15, -0.1) is 0 Å². The molecule has 0 saturated carbocycles. The second-order valence-electron chi connectivity index (χ2n) is 6.58. The fraction of sp³-hybridized carbons (Fsp3) is 0.0870. The number of fused-ring (bicyclic) bond motifs is 1. The molecule has 2 amide bonds. The molecule has 1 atom stereocenters. The lowest BCUT2D eigenvalue weighted by Crippen LogP contribution is -2.33. The van der Waals surface area contributed by atoms with E-state index in [0.29, 0.717) is 11.1 Å². The third-order valence-electron chi connectivity index (χ3n) is 4.58. The highest BCUT2D eigenvalue weighted by Crippen LogP contribution is 2.29. The summed E-state index contributed by atoms with van der Waals surface area (Å²) >= 11 is 6.17. The number of carbonyl (C=O) groups is 2. The lowest BCUT2D eigenvalue weighted by Gasteiger charge is -2.17. The summed E-state index contributed by atoms with van der Waals surface area (Å²) in [4.78, 5) is 29.7. The van der Waals surface area contributed by atoms with Gasteiger partial charge in [-0.25, -0.2) is 8.78 Å². The van der Waals surface area contributed by atoms with Gasteiger partial charge in [0.15, 0.2) is 6.17 Å². The molecular formula is C23H13ClF2N2O2. The second-order valence-corrected chi connectivity index (χ2v) is 6.99. The van der Waals surface area contributed by atoms with E-state index in [-0.39, 0.29) is 27.7 Å². The van der Waals surface area contributed by atoms with Crippen LogP contribution in [0, 0.1) is 17.7 Å². The molecule has 0 aliphatic carbocycles. The van der Waals surface area contributed by atoms with Gasteiger partial charge in [-0.3, -0.25) is 19.5 Å². The zero-order chi connectivity index (χ0) is 21.3. The van der Waals surface area contributed by atoms with E-state index in [2.05, 4.69) is 16.8 Å². The summed E-state index contributed by atoms with van der Waals surface area (Å²) in [6.07, 6.45) is -0.397. The lowest BCUT2D eigenvalue weighted by atomic mass is 10.1. The SMILES string of the molecule is O=C1c2ccccc2C(=O)N1CC(F)c1ncc(C#Cc2ccc(F)cc2)cc1Cl. The maximum Gasteiger partial charge on any atom is 0.261 e. The van der Waals surface area contributed by atoms with Crippen LogP contribution in [0.1, 0.15) is 43.7 Å². The molecule has 1 unspecified atom stereocenters. The number of imide groups is 1. The third kappa shape index (κ3) is 3.80. The Morgan fingerprint density at radius 2 is 1.57 bits per heavy atom. The molecule has 30 heavy (non-hydrogen) atoms. The highest BCUT2D eigenvalue weighted by atomic mass is 35.5. The lowest BCUT2D eigenvalue weighted by molar-refractivity contribution is 0.0610. The average Bonchev–Trinajstić information content (AvgIpc) is 2.98. The van der Waals surface area contributed by atoms with E-state index >= 15 is 0 Å². The van der Waals surface area contributed by atoms with Crippen LogP contribution in [-0.4, -0.2) is 28.2 Å². The summed E-state index contributed by atoms with van der Waals surface area (Å²) in [5.41, 5.74) is 1.47. The van der Waals surface area contributed by atoms with E-state index in [1.807, 2.05) is 0 Å². The number of amides is 2. The van der Waals surface area contributed by atoms with E-state index in [0.717, 1.165) is 4.90 Å². The van der Waals surface area contributed by atoms with Crippen LogP contribution in [0.2, 0.25) is 5.02 Å². The monoisotopic (exact) mass is 422 g/mol. The Morgan fingerprint density at radius 3 is 2.17 bits per heavy atom. The van der Waals surface area contributed by atoms with Crippen LogP contribution in [0.5, 0.6) is 0 Å². The van der Waals surface area contributed by atoms with Crippen molar-refractivity contribution in [3.63, 3.8) is 0 Å². The fourth-order valence-corrected chi connectivity index (χ4v) is 3.36. The van der Waals surface area contributed by atoms with Crippen molar-refractivity contribution in [2.75, 3.05) is 6.54 Å². The highest BCUT2D eigenvalue weighted by Gasteiger charge is 2.37. The Morgan fingerprint density at radius 1 is 0.967 bits per heavy atom. The molecule has 4 nitrogen and oxygen atoms in total. The molecule has 7 heteroatoms. The summed E-state index contributed by atoms with van der Waals surface area (Å²) < 4.78 is 27.8. The van der Waals surface area contributed by atoms with Gasteiger partial charge < -0.3 is 0 Å². The summed E-state index contributed by atoms with van der Waals surface area (Å²) in [6.45, 7) is -0.486. The Kier molecular flexibility index (Phi) is 5.30. The van der Waals surface area contributed by atoms with Gasteiger partial charge in [0.05, 0.1) is 28.4 Å². The number of halogens is 3. The topological polar surface area (TPSA) is 50.3 Å². The number of carbonyl (C=O) groups excluding carboxylic acids is 2. The fourth-order valence-electron chi connectivity index (χ4n) is 3.08. The van der Waals surface area contributed by atoms with Crippen molar-refractivity contribution >= 4 is 23.4 Å². The van der Waals surface area contributed by atoms with Crippen LogP contribution >= 0.6 is 11.6 Å². The second kappa shape index (κ2) is 8.05. The highest BCUT2D eigenvalue weighted by molar-refractivity contribution is 6.31. The first-order valence-electron chi connectivity index (χ1n) is 8.96. The first-order valence-corrected chi connectivity index (χ1v) is 9.34. The number of pyridine rings is 1. The Labute approximate surface area is 176 Å². The van der Waals surface area contributed by atoms with Crippen LogP contribution in [0.25, 0.3) is 0 Å². The Balaban J connectivity index is 1.50. The minimum absolute atomic E-state index is 0.0324. The van der Waals surface area contributed by atoms with Crippen LogP contribution in [0.15, 0.2) is 60.8 Å². The molecular weight excluding hydrogens is 410 g/mol. The first-order chi connectivity index (χ1) is 14.4. The molecule has 0 saturated heterocycles. The molecule has 3 aromatic rings. The predicted molar refractivity (Wildman–Crippen MR) is 107 cm³/mol. The van der Waals surface area contributed by atoms with Gasteiger partial charge in [0.25, 0.3) is 11.8 Å². The van der Waals surface area contributed by atoms with Crippen molar-refractivity contribution < 1.29 is 18.4 Å². The molecule has 1 aliphatic heterocycles. The number of benzene rings is 2. The molecule has 0 bridgehead atoms. The van der Waals surface area contributed by atoms with Gasteiger partial charge in [0, 0.05) is 17.3 Å². The standard InChI is InChI=1S/C23H13ClF2N2O2/c24-19-11-15(6-5-14-7-9-16(25)10-8-14)12-27-21(19)20(26)13-28-22(29)17-3-1-2-4-18(17)23(28)30/h1-4,7-12,20H,13H2. The zero-order valence-corrected chi connectivity index (χ0v) is 16.2. The van der Waals surface area contributed by atoms with Gasteiger partial charge in [-0.1, -0.05) is 35.6 Å². The Hall–Kier alpha value is -3.56. The number of hydrogen-bond acceptors (Lipinski definition) is 3. The molecule has 0 fully saturated rings. The number of rotatable bonds is 3.